The molecule has 0 aliphatic heterocycles. The number of hydrogen-bond acceptors (Lipinski definition) is 4. The van der Waals surface area contributed by atoms with Gasteiger partial charge >= 0.3 is 0 Å². The van der Waals surface area contributed by atoms with E-state index in [1.807, 2.05) is 30.3 Å². The number of rotatable bonds is 7. The van der Waals surface area contributed by atoms with Crippen LogP contribution in [0.15, 0.2) is 48.5 Å². The van der Waals surface area contributed by atoms with Crippen LogP contribution in [0.25, 0.3) is 0 Å². The number of halogens is 1. The Morgan fingerprint density at radius 3 is 2.54 bits per heavy atom. The van der Waals surface area contributed by atoms with Crippen LogP contribution in [-0.2, 0) is 14.6 Å². The quantitative estimate of drug-likeness (QED) is 0.741. The van der Waals surface area contributed by atoms with Gasteiger partial charge in [0.1, 0.15) is 15.7 Å². The first-order valence-electron chi connectivity index (χ1n) is 8.85. The van der Waals surface area contributed by atoms with Gasteiger partial charge in [0.15, 0.2) is 0 Å². The van der Waals surface area contributed by atoms with E-state index in [4.69, 9.17) is 0 Å². The van der Waals surface area contributed by atoms with Crippen molar-refractivity contribution in [3.05, 3.63) is 65.5 Å². The fraction of sp³-hybridized carbons (Fsp3) is 0.300. The minimum absolute atomic E-state index is 0.0132. The molecule has 2 atom stereocenters. The van der Waals surface area contributed by atoms with Crippen molar-refractivity contribution in [1.29, 1.82) is 0 Å². The van der Waals surface area contributed by atoms with Gasteiger partial charge in [-0.25, -0.2) is 12.8 Å². The Bertz CT molecular complexity index is 993. The first kappa shape index (κ1) is 20.0. The third kappa shape index (κ3) is 5.39. The van der Waals surface area contributed by atoms with Crippen LogP contribution in [0.5, 0.6) is 0 Å². The summed E-state index contributed by atoms with van der Waals surface area (Å²) in [5.74, 6) is -1.73. The largest absolute Gasteiger partial charge is 0.351 e. The van der Waals surface area contributed by atoms with Gasteiger partial charge in [-0.05, 0) is 36.1 Å². The van der Waals surface area contributed by atoms with Crippen LogP contribution in [0.3, 0.4) is 0 Å². The highest BCUT2D eigenvalue weighted by molar-refractivity contribution is 7.90. The molecule has 0 unspecified atom stereocenters. The highest BCUT2D eigenvalue weighted by atomic mass is 32.2. The molecule has 1 fully saturated rings. The second-order valence-corrected chi connectivity index (χ2v) is 9.22. The van der Waals surface area contributed by atoms with E-state index < -0.39 is 21.6 Å². The van der Waals surface area contributed by atoms with Crippen LogP contribution >= 0.6 is 0 Å². The number of anilines is 1. The second-order valence-electron chi connectivity index (χ2n) is 6.96. The zero-order chi connectivity index (χ0) is 20.3. The summed E-state index contributed by atoms with van der Waals surface area (Å²) >= 11 is 0. The Labute approximate surface area is 163 Å². The summed E-state index contributed by atoms with van der Waals surface area (Å²) < 4.78 is 36.1. The predicted octanol–water partition coefficient (Wildman–Crippen LogP) is 2.34. The molecule has 1 aliphatic rings. The SMILES string of the molecule is CS(=O)(=O)CCNC(=O)c1cc(F)cc(NC(=O)[C@@H]2C[C@H]2c2ccccc2)c1. The van der Waals surface area contributed by atoms with E-state index in [1.54, 1.807) is 0 Å². The third-order valence-electron chi connectivity index (χ3n) is 4.54. The molecule has 2 aromatic carbocycles. The summed E-state index contributed by atoms with van der Waals surface area (Å²) in [5.41, 5.74) is 1.30. The molecule has 2 amide bonds. The second kappa shape index (κ2) is 8.10. The molecular formula is C20H21FN2O4S. The van der Waals surface area contributed by atoms with E-state index in [9.17, 15) is 22.4 Å². The highest BCUT2D eigenvalue weighted by Crippen LogP contribution is 2.47. The maximum Gasteiger partial charge on any atom is 0.251 e. The molecule has 0 radical (unpaired) electrons. The minimum Gasteiger partial charge on any atom is -0.351 e. The van der Waals surface area contributed by atoms with Gasteiger partial charge in [0.2, 0.25) is 5.91 Å². The summed E-state index contributed by atoms with van der Waals surface area (Å²) in [6, 6.07) is 13.2. The number of nitrogens with one attached hydrogen (secondary N) is 2. The molecule has 0 bridgehead atoms. The number of carbonyl (C=O) groups is 2. The van der Waals surface area contributed by atoms with Crippen molar-refractivity contribution in [1.82, 2.24) is 5.32 Å². The Morgan fingerprint density at radius 1 is 1.14 bits per heavy atom. The zero-order valence-electron chi connectivity index (χ0n) is 15.3. The number of amides is 2. The van der Waals surface area contributed by atoms with E-state index in [0.717, 1.165) is 30.4 Å². The topological polar surface area (TPSA) is 92.3 Å². The molecule has 3 rings (SSSR count). The molecular weight excluding hydrogens is 383 g/mol. The highest BCUT2D eigenvalue weighted by Gasteiger charge is 2.43. The average Bonchev–Trinajstić information content (AvgIpc) is 3.42. The summed E-state index contributed by atoms with van der Waals surface area (Å²) in [7, 11) is -3.21. The van der Waals surface area contributed by atoms with E-state index in [1.165, 1.54) is 6.07 Å². The number of benzene rings is 2. The summed E-state index contributed by atoms with van der Waals surface area (Å²) in [6.07, 6.45) is 1.79. The smallest absolute Gasteiger partial charge is 0.251 e. The molecule has 1 saturated carbocycles. The van der Waals surface area contributed by atoms with E-state index in [-0.39, 0.29) is 41.3 Å². The van der Waals surface area contributed by atoms with Crippen LogP contribution in [-0.4, -0.2) is 38.8 Å². The standard InChI is InChI=1S/C20H21FN2O4S/c1-28(26,27)8-7-22-19(24)14-9-15(21)11-16(10-14)23-20(25)18-12-17(18)13-5-3-2-4-6-13/h2-6,9-11,17-18H,7-8,12H2,1H3,(H,22,24)(H,23,25)/t17-,18+/m0/s1. The third-order valence-corrected chi connectivity index (χ3v) is 5.49. The van der Waals surface area contributed by atoms with Gasteiger partial charge in [0.05, 0.1) is 5.75 Å². The lowest BCUT2D eigenvalue weighted by Gasteiger charge is -2.09. The Balaban J connectivity index is 1.62. The van der Waals surface area contributed by atoms with Crippen LogP contribution in [0.2, 0.25) is 0 Å². The van der Waals surface area contributed by atoms with Crippen LogP contribution in [0, 0.1) is 11.7 Å². The summed E-state index contributed by atoms with van der Waals surface area (Å²) in [4.78, 5) is 24.6. The van der Waals surface area contributed by atoms with E-state index in [2.05, 4.69) is 10.6 Å². The molecule has 0 saturated heterocycles. The van der Waals surface area contributed by atoms with Crippen molar-refractivity contribution in [2.75, 3.05) is 23.9 Å². The fourth-order valence-corrected chi connectivity index (χ4v) is 3.51. The van der Waals surface area contributed by atoms with Gasteiger partial charge in [-0.3, -0.25) is 9.59 Å². The molecule has 2 N–H and O–H groups in total. The normalized spacial score (nSPS) is 18.4. The van der Waals surface area contributed by atoms with E-state index >= 15 is 0 Å². The van der Waals surface area contributed by atoms with Crippen molar-refractivity contribution >= 4 is 27.3 Å². The van der Waals surface area contributed by atoms with Gasteiger partial charge < -0.3 is 10.6 Å². The van der Waals surface area contributed by atoms with Gasteiger partial charge in [-0.15, -0.1) is 0 Å². The first-order valence-corrected chi connectivity index (χ1v) is 10.9. The predicted molar refractivity (Wildman–Crippen MR) is 104 cm³/mol. The lowest BCUT2D eigenvalue weighted by atomic mass is 10.1. The van der Waals surface area contributed by atoms with Gasteiger partial charge in [0, 0.05) is 30.0 Å². The van der Waals surface area contributed by atoms with Crippen LogP contribution < -0.4 is 10.6 Å². The molecule has 28 heavy (non-hydrogen) atoms. The molecule has 8 heteroatoms. The summed E-state index contributed by atoms with van der Waals surface area (Å²) in [5, 5.41) is 5.09. The van der Waals surface area contributed by atoms with Gasteiger partial charge in [-0.2, -0.15) is 0 Å². The van der Waals surface area contributed by atoms with Crippen molar-refractivity contribution in [2.45, 2.75) is 12.3 Å². The molecule has 6 nitrogen and oxygen atoms in total. The maximum absolute atomic E-state index is 13.9. The number of hydrogen-bond donors (Lipinski definition) is 2. The first-order chi connectivity index (χ1) is 13.2. The van der Waals surface area contributed by atoms with Crippen LogP contribution in [0.4, 0.5) is 10.1 Å². The lowest BCUT2D eigenvalue weighted by molar-refractivity contribution is -0.117. The van der Waals surface area contributed by atoms with Gasteiger partial charge in [-0.1, -0.05) is 30.3 Å². The number of sulfone groups is 1. The monoisotopic (exact) mass is 404 g/mol. The molecule has 2 aromatic rings. The van der Waals surface area contributed by atoms with Crippen molar-refractivity contribution < 1.29 is 22.4 Å². The Kier molecular flexibility index (Phi) is 5.79. The molecule has 0 heterocycles. The molecule has 1 aliphatic carbocycles. The van der Waals surface area contributed by atoms with Crippen molar-refractivity contribution in [3.63, 3.8) is 0 Å². The fourth-order valence-electron chi connectivity index (χ4n) is 3.03. The molecule has 148 valence electrons. The van der Waals surface area contributed by atoms with Crippen molar-refractivity contribution in [3.8, 4) is 0 Å². The maximum atomic E-state index is 13.9. The number of carbonyl (C=O) groups excluding carboxylic acids is 2. The Hall–Kier alpha value is -2.74. The van der Waals surface area contributed by atoms with Gasteiger partial charge in [0.25, 0.3) is 5.91 Å². The zero-order valence-corrected chi connectivity index (χ0v) is 16.1. The van der Waals surface area contributed by atoms with Crippen LogP contribution in [0.1, 0.15) is 28.3 Å². The minimum atomic E-state index is -3.21. The van der Waals surface area contributed by atoms with Crippen molar-refractivity contribution in [2.24, 2.45) is 5.92 Å². The lowest BCUT2D eigenvalue weighted by Crippen LogP contribution is -2.29. The summed E-state index contributed by atoms with van der Waals surface area (Å²) in [6.45, 7) is -0.0727. The molecule has 0 aromatic heterocycles. The Morgan fingerprint density at radius 2 is 1.86 bits per heavy atom. The average molecular weight is 404 g/mol. The van der Waals surface area contributed by atoms with E-state index in [0.29, 0.717) is 0 Å². The molecule has 0 spiro atoms.